The molecule has 100 valence electrons. The second kappa shape index (κ2) is 6.73. The molecule has 1 amide bonds. The van der Waals surface area contributed by atoms with Crippen molar-refractivity contribution in [1.82, 2.24) is 20.3 Å². The minimum absolute atomic E-state index is 0.0235. The molecular weight excluding hydrogens is 236 g/mol. The number of aromatic nitrogens is 3. The van der Waals surface area contributed by atoms with Crippen LogP contribution in [0.25, 0.3) is 0 Å². The van der Waals surface area contributed by atoms with E-state index < -0.39 is 5.97 Å². The fourth-order valence-corrected chi connectivity index (χ4v) is 1.55. The monoisotopic (exact) mass is 254 g/mol. The quantitative estimate of drug-likeness (QED) is 0.734. The molecule has 1 unspecified atom stereocenters. The van der Waals surface area contributed by atoms with Gasteiger partial charge in [0.15, 0.2) is 0 Å². The average molecular weight is 254 g/mol. The number of carboxylic acids is 1. The van der Waals surface area contributed by atoms with Crippen LogP contribution >= 0.6 is 0 Å². The van der Waals surface area contributed by atoms with Crippen LogP contribution in [0.15, 0.2) is 6.20 Å². The van der Waals surface area contributed by atoms with Gasteiger partial charge in [-0.15, -0.1) is 5.10 Å². The van der Waals surface area contributed by atoms with Crippen LogP contribution in [-0.2, 0) is 22.7 Å². The molecule has 0 radical (unpaired) electrons. The molecule has 2 N–H and O–H groups in total. The molecule has 0 aliphatic rings. The van der Waals surface area contributed by atoms with Crippen molar-refractivity contribution in [3.05, 3.63) is 11.9 Å². The highest BCUT2D eigenvalue weighted by Gasteiger charge is 2.12. The summed E-state index contributed by atoms with van der Waals surface area (Å²) in [5.41, 5.74) is 0.549. The van der Waals surface area contributed by atoms with Crippen LogP contribution in [0, 0.1) is 5.92 Å². The zero-order chi connectivity index (χ0) is 13.5. The number of hydrogen-bond acceptors (Lipinski definition) is 4. The molecule has 0 spiro atoms. The molecule has 0 saturated heterocycles. The van der Waals surface area contributed by atoms with Gasteiger partial charge in [0, 0.05) is 5.92 Å². The first-order valence-corrected chi connectivity index (χ1v) is 5.91. The number of nitrogens with zero attached hydrogens (tertiary/aromatic N) is 3. The first kappa shape index (κ1) is 14.1. The molecule has 0 aromatic carbocycles. The molecule has 1 aromatic rings. The zero-order valence-corrected chi connectivity index (χ0v) is 10.6. The molecule has 1 aromatic heterocycles. The molecule has 1 rings (SSSR count). The summed E-state index contributed by atoms with van der Waals surface area (Å²) in [5, 5.41) is 18.7. The molecule has 1 heterocycles. The van der Waals surface area contributed by atoms with Gasteiger partial charge >= 0.3 is 5.97 Å². The molecule has 1 atom stereocenters. The summed E-state index contributed by atoms with van der Waals surface area (Å²) in [7, 11) is 0. The number of carbonyl (C=O) groups is 2. The summed E-state index contributed by atoms with van der Waals surface area (Å²) in [4.78, 5) is 22.1. The molecule has 0 saturated carbocycles. The largest absolute Gasteiger partial charge is 0.480 e. The van der Waals surface area contributed by atoms with Gasteiger partial charge in [0.25, 0.3) is 0 Å². The van der Waals surface area contributed by atoms with Gasteiger partial charge in [0.2, 0.25) is 5.91 Å². The van der Waals surface area contributed by atoms with Crippen molar-refractivity contribution in [2.24, 2.45) is 5.92 Å². The van der Waals surface area contributed by atoms with Gasteiger partial charge in [0.1, 0.15) is 12.2 Å². The Morgan fingerprint density at radius 3 is 2.89 bits per heavy atom. The first-order chi connectivity index (χ1) is 8.52. The van der Waals surface area contributed by atoms with E-state index in [9.17, 15) is 9.59 Å². The maximum absolute atomic E-state index is 11.6. The van der Waals surface area contributed by atoms with Crippen molar-refractivity contribution in [3.8, 4) is 0 Å². The van der Waals surface area contributed by atoms with E-state index >= 15 is 0 Å². The van der Waals surface area contributed by atoms with E-state index in [1.807, 2.05) is 13.8 Å². The lowest BCUT2D eigenvalue weighted by atomic mass is 10.1. The maximum Gasteiger partial charge on any atom is 0.325 e. The highest BCUT2D eigenvalue weighted by atomic mass is 16.4. The maximum atomic E-state index is 11.6. The van der Waals surface area contributed by atoms with Gasteiger partial charge in [0.05, 0.1) is 12.7 Å². The Balaban J connectivity index is 2.41. The normalized spacial score (nSPS) is 12.1. The predicted molar refractivity (Wildman–Crippen MR) is 63.6 cm³/mol. The molecular formula is C11H18N4O3. The SMILES string of the molecule is CCCC(C)C(=O)NCc1cn(CC(=O)O)nn1. The van der Waals surface area contributed by atoms with E-state index in [0.717, 1.165) is 12.8 Å². The second-order valence-corrected chi connectivity index (χ2v) is 4.21. The number of amides is 1. The molecule has 7 heteroatoms. The Morgan fingerprint density at radius 2 is 2.28 bits per heavy atom. The Hall–Kier alpha value is -1.92. The summed E-state index contributed by atoms with van der Waals surface area (Å²) < 4.78 is 1.22. The summed E-state index contributed by atoms with van der Waals surface area (Å²) in [5.74, 6) is -1.03. The third-order valence-corrected chi connectivity index (χ3v) is 2.50. The van der Waals surface area contributed by atoms with Crippen LogP contribution in [0.4, 0.5) is 0 Å². The molecule has 0 aliphatic carbocycles. The highest BCUT2D eigenvalue weighted by molar-refractivity contribution is 5.78. The van der Waals surface area contributed by atoms with Gasteiger partial charge in [-0.25, -0.2) is 4.68 Å². The fourth-order valence-electron chi connectivity index (χ4n) is 1.55. The van der Waals surface area contributed by atoms with E-state index in [2.05, 4.69) is 15.6 Å². The van der Waals surface area contributed by atoms with Crippen molar-refractivity contribution < 1.29 is 14.7 Å². The lowest BCUT2D eigenvalue weighted by Gasteiger charge is -2.09. The van der Waals surface area contributed by atoms with E-state index in [-0.39, 0.29) is 24.9 Å². The van der Waals surface area contributed by atoms with Crippen LogP contribution in [-0.4, -0.2) is 32.0 Å². The van der Waals surface area contributed by atoms with Gasteiger partial charge < -0.3 is 10.4 Å². The fraction of sp³-hybridized carbons (Fsp3) is 0.636. The van der Waals surface area contributed by atoms with Crippen molar-refractivity contribution in [1.29, 1.82) is 0 Å². The molecule has 18 heavy (non-hydrogen) atoms. The van der Waals surface area contributed by atoms with Crippen LogP contribution < -0.4 is 5.32 Å². The first-order valence-electron chi connectivity index (χ1n) is 5.91. The van der Waals surface area contributed by atoms with Crippen molar-refractivity contribution in [2.45, 2.75) is 39.8 Å². The third kappa shape index (κ3) is 4.52. The molecule has 0 bridgehead atoms. The van der Waals surface area contributed by atoms with E-state index in [4.69, 9.17) is 5.11 Å². The van der Waals surface area contributed by atoms with Gasteiger partial charge in [-0.3, -0.25) is 9.59 Å². The summed E-state index contributed by atoms with van der Waals surface area (Å²) in [6.07, 6.45) is 3.32. The Labute approximate surface area is 105 Å². The second-order valence-electron chi connectivity index (χ2n) is 4.21. The van der Waals surface area contributed by atoms with Gasteiger partial charge in [-0.05, 0) is 6.42 Å². The molecule has 0 aliphatic heterocycles. The lowest BCUT2D eigenvalue weighted by molar-refractivity contribution is -0.138. The standard InChI is InChI=1S/C11H18N4O3/c1-3-4-8(2)11(18)12-5-9-6-15(14-13-9)7-10(16)17/h6,8H,3-5,7H2,1-2H3,(H,12,18)(H,16,17). The number of rotatable bonds is 7. The lowest BCUT2D eigenvalue weighted by Crippen LogP contribution is -2.28. The zero-order valence-electron chi connectivity index (χ0n) is 10.6. The highest BCUT2D eigenvalue weighted by Crippen LogP contribution is 2.05. The Bertz CT molecular complexity index is 416. The van der Waals surface area contributed by atoms with Crippen LogP contribution in [0.3, 0.4) is 0 Å². The number of hydrogen-bond donors (Lipinski definition) is 2. The molecule has 7 nitrogen and oxygen atoms in total. The summed E-state index contributed by atoms with van der Waals surface area (Å²) in [6.45, 7) is 3.95. The van der Waals surface area contributed by atoms with Gasteiger partial charge in [-0.2, -0.15) is 0 Å². The van der Waals surface area contributed by atoms with Crippen LogP contribution in [0.2, 0.25) is 0 Å². The number of nitrogens with one attached hydrogen (secondary N) is 1. The number of aliphatic carboxylic acids is 1. The van der Waals surface area contributed by atoms with Crippen molar-refractivity contribution in [2.75, 3.05) is 0 Å². The van der Waals surface area contributed by atoms with E-state index in [0.29, 0.717) is 5.69 Å². The Kier molecular flexibility index (Phi) is 5.29. The molecule has 0 fully saturated rings. The minimum Gasteiger partial charge on any atom is -0.480 e. The number of carbonyl (C=O) groups excluding carboxylic acids is 1. The van der Waals surface area contributed by atoms with Crippen LogP contribution in [0.5, 0.6) is 0 Å². The average Bonchev–Trinajstić information content (AvgIpc) is 2.73. The van der Waals surface area contributed by atoms with Gasteiger partial charge in [-0.1, -0.05) is 25.5 Å². The topological polar surface area (TPSA) is 97.1 Å². The smallest absolute Gasteiger partial charge is 0.325 e. The summed E-state index contributed by atoms with van der Waals surface area (Å²) in [6, 6.07) is 0. The third-order valence-electron chi connectivity index (χ3n) is 2.50. The summed E-state index contributed by atoms with van der Waals surface area (Å²) >= 11 is 0. The Morgan fingerprint density at radius 1 is 1.56 bits per heavy atom. The van der Waals surface area contributed by atoms with E-state index in [1.165, 1.54) is 10.9 Å². The number of carboxylic acid groups (broad SMARTS) is 1. The van der Waals surface area contributed by atoms with Crippen molar-refractivity contribution >= 4 is 11.9 Å². The minimum atomic E-state index is -0.980. The van der Waals surface area contributed by atoms with E-state index in [1.54, 1.807) is 0 Å². The van der Waals surface area contributed by atoms with Crippen LogP contribution in [0.1, 0.15) is 32.4 Å². The predicted octanol–water partition coefficient (Wildman–Crippen LogP) is 0.415. The van der Waals surface area contributed by atoms with Crippen molar-refractivity contribution in [3.63, 3.8) is 0 Å².